The van der Waals surface area contributed by atoms with Crippen molar-refractivity contribution in [3.8, 4) is 0 Å². The number of carbonyl (C=O) groups excluding carboxylic acids is 1. The Morgan fingerprint density at radius 1 is 1.29 bits per heavy atom. The van der Waals surface area contributed by atoms with Gasteiger partial charge < -0.3 is 9.42 Å². The molecule has 3 rings (SSSR count). The molecule has 1 saturated heterocycles. The van der Waals surface area contributed by atoms with E-state index in [2.05, 4.69) is 10.1 Å². The molecule has 1 aliphatic carbocycles. The van der Waals surface area contributed by atoms with E-state index in [9.17, 15) is 13.2 Å². The second kappa shape index (κ2) is 8.90. The summed E-state index contributed by atoms with van der Waals surface area (Å²) in [5.41, 5.74) is 0. The van der Waals surface area contributed by atoms with Crippen molar-refractivity contribution >= 4 is 15.9 Å². The van der Waals surface area contributed by atoms with Gasteiger partial charge in [-0.25, -0.2) is 8.42 Å². The third kappa shape index (κ3) is 5.31. The second-order valence-electron chi connectivity index (χ2n) is 8.47. The first-order valence-electron chi connectivity index (χ1n) is 10.3. The lowest BCUT2D eigenvalue weighted by molar-refractivity contribution is -0.137. The van der Waals surface area contributed by atoms with E-state index < -0.39 is 10.0 Å². The van der Waals surface area contributed by atoms with E-state index >= 15 is 0 Å². The molecule has 2 aliphatic rings. The number of hydrogen-bond donors (Lipinski definition) is 0. The summed E-state index contributed by atoms with van der Waals surface area (Å²) < 4.78 is 31.1. The molecule has 2 fully saturated rings. The molecule has 1 amide bonds. The molecule has 0 radical (unpaired) electrons. The highest BCUT2D eigenvalue weighted by atomic mass is 32.2. The van der Waals surface area contributed by atoms with Crippen LogP contribution in [-0.2, 0) is 21.2 Å². The summed E-state index contributed by atoms with van der Waals surface area (Å²) in [5, 5.41) is 3.93. The van der Waals surface area contributed by atoms with Gasteiger partial charge in [-0.2, -0.15) is 9.29 Å². The molecule has 9 heteroatoms. The van der Waals surface area contributed by atoms with Crippen LogP contribution in [0, 0.1) is 5.92 Å². The number of aromatic nitrogens is 2. The Morgan fingerprint density at radius 2 is 1.96 bits per heavy atom. The lowest BCUT2D eigenvalue weighted by Gasteiger charge is -2.44. The van der Waals surface area contributed by atoms with Crippen LogP contribution in [-0.4, -0.2) is 65.6 Å². The lowest BCUT2D eigenvalue weighted by Crippen LogP contribution is -2.62. The fraction of sp³-hybridized carbons (Fsp3) is 0.842. The number of sulfonamides is 1. The van der Waals surface area contributed by atoms with Crippen LogP contribution in [0.2, 0.25) is 0 Å². The molecule has 0 spiro atoms. The molecular weight excluding hydrogens is 380 g/mol. The van der Waals surface area contributed by atoms with Crippen LogP contribution in [0.25, 0.3) is 0 Å². The molecule has 1 aliphatic heterocycles. The topological polar surface area (TPSA) is 96.6 Å². The van der Waals surface area contributed by atoms with E-state index in [-0.39, 0.29) is 17.9 Å². The van der Waals surface area contributed by atoms with Crippen LogP contribution in [0.3, 0.4) is 0 Å². The maximum Gasteiger partial charge on any atom is 0.229 e. The van der Waals surface area contributed by atoms with Crippen LogP contribution in [0.5, 0.6) is 0 Å². The number of hydrogen-bond acceptors (Lipinski definition) is 6. The standard InChI is InChI=1S/C19H32N4O4S/c1-14(2)19-20-17(21-27-19)10-11-23(28(3,25)26)16-12-22(13-16)18(24)9-8-15-6-4-5-7-15/h14-16H,4-13H2,1-3H3. The van der Waals surface area contributed by atoms with Crippen molar-refractivity contribution < 1.29 is 17.7 Å². The van der Waals surface area contributed by atoms with Gasteiger partial charge in [0.05, 0.1) is 12.3 Å². The van der Waals surface area contributed by atoms with Crippen molar-refractivity contribution in [2.45, 2.75) is 70.8 Å². The highest BCUT2D eigenvalue weighted by Crippen LogP contribution is 2.29. The first-order chi connectivity index (χ1) is 13.2. The molecule has 0 atom stereocenters. The van der Waals surface area contributed by atoms with Gasteiger partial charge in [0, 0.05) is 38.4 Å². The molecule has 8 nitrogen and oxygen atoms in total. The molecule has 1 aromatic rings. The molecule has 28 heavy (non-hydrogen) atoms. The summed E-state index contributed by atoms with van der Waals surface area (Å²) in [4.78, 5) is 18.5. The Morgan fingerprint density at radius 3 is 2.54 bits per heavy atom. The molecule has 2 heterocycles. The minimum Gasteiger partial charge on any atom is -0.339 e. The van der Waals surface area contributed by atoms with Crippen LogP contribution >= 0.6 is 0 Å². The van der Waals surface area contributed by atoms with Gasteiger partial charge in [0.1, 0.15) is 0 Å². The fourth-order valence-electron chi connectivity index (χ4n) is 4.06. The van der Waals surface area contributed by atoms with Gasteiger partial charge in [-0.1, -0.05) is 44.7 Å². The van der Waals surface area contributed by atoms with E-state index in [0.29, 0.717) is 50.1 Å². The van der Waals surface area contributed by atoms with Gasteiger partial charge >= 0.3 is 0 Å². The number of carbonyl (C=O) groups is 1. The minimum atomic E-state index is -3.37. The molecule has 0 unspecified atom stereocenters. The normalized spacial score (nSPS) is 19.0. The third-order valence-electron chi connectivity index (χ3n) is 5.82. The average Bonchev–Trinajstić information content (AvgIpc) is 3.24. The maximum absolute atomic E-state index is 12.4. The number of nitrogens with zero attached hydrogens (tertiary/aromatic N) is 4. The largest absolute Gasteiger partial charge is 0.339 e. The third-order valence-corrected chi connectivity index (χ3v) is 7.16. The summed E-state index contributed by atoms with van der Waals surface area (Å²) >= 11 is 0. The van der Waals surface area contributed by atoms with E-state index in [4.69, 9.17) is 4.52 Å². The summed E-state index contributed by atoms with van der Waals surface area (Å²) in [6.45, 7) is 5.17. The Bertz CT molecular complexity index is 765. The smallest absolute Gasteiger partial charge is 0.229 e. The van der Waals surface area contributed by atoms with Crippen molar-refractivity contribution in [2.75, 3.05) is 25.9 Å². The van der Waals surface area contributed by atoms with Crippen LogP contribution < -0.4 is 0 Å². The van der Waals surface area contributed by atoms with Crippen LogP contribution in [0.1, 0.15) is 70.0 Å². The molecular formula is C19H32N4O4S. The van der Waals surface area contributed by atoms with Gasteiger partial charge in [-0.05, 0) is 12.3 Å². The highest BCUT2D eigenvalue weighted by Gasteiger charge is 2.38. The number of rotatable bonds is 9. The molecule has 0 aromatic carbocycles. The Kier molecular flexibility index (Phi) is 6.75. The SMILES string of the molecule is CC(C)c1nc(CCN(C2CN(C(=O)CCC3CCCC3)C2)S(C)(=O)=O)no1. The zero-order chi connectivity index (χ0) is 20.3. The first-order valence-corrected chi connectivity index (χ1v) is 12.2. The summed E-state index contributed by atoms with van der Waals surface area (Å²) in [6.07, 6.45) is 8.21. The monoisotopic (exact) mass is 412 g/mol. The van der Waals surface area contributed by atoms with Crippen molar-refractivity contribution in [1.82, 2.24) is 19.3 Å². The van der Waals surface area contributed by atoms with E-state index in [1.807, 2.05) is 13.8 Å². The van der Waals surface area contributed by atoms with E-state index in [1.165, 1.54) is 36.2 Å². The van der Waals surface area contributed by atoms with Crippen molar-refractivity contribution in [3.05, 3.63) is 11.7 Å². The maximum atomic E-state index is 12.4. The van der Waals surface area contributed by atoms with Gasteiger partial charge in [-0.3, -0.25) is 4.79 Å². The van der Waals surface area contributed by atoms with Gasteiger partial charge in [0.2, 0.25) is 21.8 Å². The Hall–Kier alpha value is -1.48. The summed E-state index contributed by atoms with van der Waals surface area (Å²) in [5.74, 6) is 2.06. The quantitative estimate of drug-likeness (QED) is 0.617. The predicted molar refractivity (Wildman–Crippen MR) is 105 cm³/mol. The van der Waals surface area contributed by atoms with Crippen LogP contribution in [0.15, 0.2) is 4.52 Å². The molecule has 0 N–H and O–H groups in total. The van der Waals surface area contributed by atoms with Gasteiger partial charge in [-0.15, -0.1) is 0 Å². The average molecular weight is 413 g/mol. The number of likely N-dealkylation sites (tertiary alicyclic amines) is 1. The minimum absolute atomic E-state index is 0.141. The van der Waals surface area contributed by atoms with Crippen molar-refractivity contribution in [3.63, 3.8) is 0 Å². The fourth-order valence-corrected chi connectivity index (χ4v) is 5.16. The summed E-state index contributed by atoms with van der Waals surface area (Å²) in [7, 11) is -3.37. The second-order valence-corrected chi connectivity index (χ2v) is 10.4. The molecule has 0 bridgehead atoms. The van der Waals surface area contributed by atoms with E-state index in [1.54, 1.807) is 4.90 Å². The first kappa shape index (κ1) is 21.2. The van der Waals surface area contributed by atoms with E-state index in [0.717, 1.165) is 6.42 Å². The van der Waals surface area contributed by atoms with Crippen molar-refractivity contribution in [1.29, 1.82) is 0 Å². The zero-order valence-corrected chi connectivity index (χ0v) is 17.9. The Balaban J connectivity index is 1.48. The molecule has 1 saturated carbocycles. The predicted octanol–water partition coefficient (Wildman–Crippen LogP) is 2.18. The molecule has 158 valence electrons. The summed E-state index contributed by atoms with van der Waals surface area (Å²) in [6, 6.07) is -0.165. The van der Waals surface area contributed by atoms with Crippen molar-refractivity contribution in [2.24, 2.45) is 5.92 Å². The van der Waals surface area contributed by atoms with Gasteiger partial charge in [0.25, 0.3) is 0 Å². The lowest BCUT2D eigenvalue weighted by atomic mass is 10.00. The van der Waals surface area contributed by atoms with Gasteiger partial charge in [0.15, 0.2) is 5.82 Å². The number of amides is 1. The molecule has 1 aromatic heterocycles. The zero-order valence-electron chi connectivity index (χ0n) is 17.1. The highest BCUT2D eigenvalue weighted by molar-refractivity contribution is 7.88. The van der Waals surface area contributed by atoms with Crippen LogP contribution in [0.4, 0.5) is 0 Å². The Labute approximate surface area is 167 Å².